The molecule has 0 unspecified atom stereocenters. The summed E-state index contributed by atoms with van der Waals surface area (Å²) in [6, 6.07) is 0. The van der Waals surface area contributed by atoms with Gasteiger partial charge in [-0.1, -0.05) is 6.92 Å². The van der Waals surface area contributed by atoms with Gasteiger partial charge in [-0.2, -0.15) is 4.37 Å². The Balaban J connectivity index is 1.96. The fourth-order valence-corrected chi connectivity index (χ4v) is 1.29. The number of hydrogen-bond donors (Lipinski definition) is 2. The van der Waals surface area contributed by atoms with Crippen LogP contribution in [0.1, 0.15) is 13.3 Å². The van der Waals surface area contributed by atoms with Crippen molar-refractivity contribution >= 4 is 16.7 Å². The lowest BCUT2D eigenvalue weighted by Gasteiger charge is -2.01. The third-order valence-electron chi connectivity index (χ3n) is 1.42. The van der Waals surface area contributed by atoms with Crippen molar-refractivity contribution < 1.29 is 0 Å². The van der Waals surface area contributed by atoms with Crippen LogP contribution in [0, 0.1) is 0 Å². The highest BCUT2D eigenvalue weighted by Gasteiger charge is 1.92. The van der Waals surface area contributed by atoms with Crippen molar-refractivity contribution in [2.24, 2.45) is 0 Å². The molecule has 12 heavy (non-hydrogen) atoms. The molecule has 0 saturated heterocycles. The number of nitrogens with zero attached hydrogens (tertiary/aromatic N) is 2. The van der Waals surface area contributed by atoms with Crippen LogP contribution in [0.15, 0.2) is 6.33 Å². The van der Waals surface area contributed by atoms with Crippen LogP contribution in [0.4, 0.5) is 5.13 Å². The maximum Gasteiger partial charge on any atom is 0.202 e. The summed E-state index contributed by atoms with van der Waals surface area (Å²) in [5, 5.41) is 7.35. The van der Waals surface area contributed by atoms with Gasteiger partial charge in [0.2, 0.25) is 5.13 Å². The van der Waals surface area contributed by atoms with Crippen LogP contribution in [0.25, 0.3) is 0 Å². The van der Waals surface area contributed by atoms with Gasteiger partial charge in [-0.15, -0.1) is 0 Å². The van der Waals surface area contributed by atoms with Crippen LogP contribution in [-0.2, 0) is 0 Å². The van der Waals surface area contributed by atoms with E-state index in [4.69, 9.17) is 0 Å². The Morgan fingerprint density at radius 3 is 3.08 bits per heavy atom. The van der Waals surface area contributed by atoms with E-state index in [-0.39, 0.29) is 0 Å². The van der Waals surface area contributed by atoms with Gasteiger partial charge in [0.05, 0.1) is 0 Å². The molecule has 0 saturated carbocycles. The molecule has 1 aromatic rings. The van der Waals surface area contributed by atoms with Gasteiger partial charge >= 0.3 is 0 Å². The standard InChI is InChI=1S/C7H14N4S/c1-2-8-4-3-5-9-7-10-6-11-12-7/h6,8H,2-5H2,1H3,(H,9,10,11). The van der Waals surface area contributed by atoms with E-state index in [1.165, 1.54) is 11.5 Å². The Kier molecular flexibility index (Phi) is 4.63. The lowest BCUT2D eigenvalue weighted by atomic mass is 10.4. The molecule has 0 aromatic carbocycles. The molecule has 68 valence electrons. The molecule has 4 nitrogen and oxygen atoms in total. The first-order valence-electron chi connectivity index (χ1n) is 4.14. The van der Waals surface area contributed by atoms with Crippen molar-refractivity contribution in [3.63, 3.8) is 0 Å². The molecule has 0 fully saturated rings. The third kappa shape index (κ3) is 3.64. The monoisotopic (exact) mass is 186 g/mol. The second-order valence-electron chi connectivity index (χ2n) is 2.38. The highest BCUT2D eigenvalue weighted by atomic mass is 32.1. The molecular formula is C7H14N4S. The number of aromatic nitrogens is 2. The Morgan fingerprint density at radius 2 is 2.42 bits per heavy atom. The minimum absolute atomic E-state index is 0.909. The van der Waals surface area contributed by atoms with Crippen molar-refractivity contribution in [1.82, 2.24) is 14.7 Å². The van der Waals surface area contributed by atoms with E-state index in [1.54, 1.807) is 6.33 Å². The fraction of sp³-hybridized carbons (Fsp3) is 0.714. The lowest BCUT2D eigenvalue weighted by Crippen LogP contribution is -2.17. The first-order chi connectivity index (χ1) is 5.93. The zero-order valence-electron chi connectivity index (χ0n) is 7.21. The molecule has 0 aliphatic rings. The molecule has 0 aliphatic heterocycles. The molecule has 2 N–H and O–H groups in total. The minimum atomic E-state index is 0.909. The molecule has 1 aromatic heterocycles. The molecule has 5 heteroatoms. The summed E-state index contributed by atoms with van der Waals surface area (Å²) in [7, 11) is 0. The first kappa shape index (κ1) is 9.41. The van der Waals surface area contributed by atoms with E-state index >= 15 is 0 Å². The topological polar surface area (TPSA) is 49.8 Å². The molecular weight excluding hydrogens is 172 g/mol. The van der Waals surface area contributed by atoms with Crippen LogP contribution in [0.5, 0.6) is 0 Å². The fourth-order valence-electron chi connectivity index (χ4n) is 0.836. The molecule has 0 radical (unpaired) electrons. The van der Waals surface area contributed by atoms with Gasteiger partial charge in [0, 0.05) is 18.1 Å². The number of nitrogens with one attached hydrogen (secondary N) is 2. The van der Waals surface area contributed by atoms with Crippen LogP contribution in [-0.4, -0.2) is 29.0 Å². The smallest absolute Gasteiger partial charge is 0.202 e. The van der Waals surface area contributed by atoms with E-state index in [1.807, 2.05) is 0 Å². The molecule has 0 atom stereocenters. The van der Waals surface area contributed by atoms with Crippen molar-refractivity contribution in [1.29, 1.82) is 0 Å². The van der Waals surface area contributed by atoms with Crippen LogP contribution >= 0.6 is 11.5 Å². The van der Waals surface area contributed by atoms with Crippen LogP contribution < -0.4 is 10.6 Å². The predicted molar refractivity (Wildman–Crippen MR) is 51.6 cm³/mol. The number of rotatable bonds is 6. The summed E-state index contributed by atoms with van der Waals surface area (Å²) in [4.78, 5) is 4.01. The number of hydrogen-bond acceptors (Lipinski definition) is 5. The summed E-state index contributed by atoms with van der Waals surface area (Å²) >= 11 is 1.39. The minimum Gasteiger partial charge on any atom is -0.360 e. The van der Waals surface area contributed by atoms with Crippen molar-refractivity contribution in [2.75, 3.05) is 25.0 Å². The van der Waals surface area contributed by atoms with Crippen molar-refractivity contribution in [3.05, 3.63) is 6.33 Å². The molecule has 0 aliphatic carbocycles. The van der Waals surface area contributed by atoms with Crippen molar-refractivity contribution in [2.45, 2.75) is 13.3 Å². The van der Waals surface area contributed by atoms with Gasteiger partial charge in [-0.3, -0.25) is 0 Å². The summed E-state index contributed by atoms with van der Waals surface area (Å²) in [5.74, 6) is 0. The normalized spacial score (nSPS) is 10.1. The molecule has 0 bridgehead atoms. The van der Waals surface area contributed by atoms with E-state index in [9.17, 15) is 0 Å². The van der Waals surface area contributed by atoms with E-state index in [2.05, 4.69) is 26.9 Å². The van der Waals surface area contributed by atoms with Gasteiger partial charge in [0.1, 0.15) is 6.33 Å². The summed E-state index contributed by atoms with van der Waals surface area (Å²) in [5.41, 5.74) is 0. The Hall–Kier alpha value is -0.680. The zero-order valence-corrected chi connectivity index (χ0v) is 8.02. The lowest BCUT2D eigenvalue weighted by molar-refractivity contribution is 0.688. The van der Waals surface area contributed by atoms with Gasteiger partial charge in [-0.05, 0) is 19.5 Å². The van der Waals surface area contributed by atoms with Crippen LogP contribution in [0.3, 0.4) is 0 Å². The summed E-state index contributed by atoms with van der Waals surface area (Å²) in [6.07, 6.45) is 2.69. The maximum atomic E-state index is 4.01. The van der Waals surface area contributed by atoms with E-state index in [0.29, 0.717) is 0 Å². The summed E-state index contributed by atoms with van der Waals surface area (Å²) < 4.78 is 3.89. The second-order valence-corrected chi connectivity index (χ2v) is 3.16. The van der Waals surface area contributed by atoms with Gasteiger partial charge < -0.3 is 10.6 Å². The largest absolute Gasteiger partial charge is 0.360 e. The van der Waals surface area contributed by atoms with E-state index in [0.717, 1.165) is 31.2 Å². The second kappa shape index (κ2) is 5.91. The van der Waals surface area contributed by atoms with Gasteiger partial charge in [-0.25, -0.2) is 4.98 Å². The quantitative estimate of drug-likeness (QED) is 0.649. The van der Waals surface area contributed by atoms with Crippen LogP contribution in [0.2, 0.25) is 0 Å². The maximum absolute atomic E-state index is 4.01. The van der Waals surface area contributed by atoms with Gasteiger partial charge in [0.25, 0.3) is 0 Å². The average molecular weight is 186 g/mol. The Morgan fingerprint density at radius 1 is 1.50 bits per heavy atom. The third-order valence-corrected chi connectivity index (χ3v) is 2.04. The highest BCUT2D eigenvalue weighted by Crippen LogP contribution is 2.05. The first-order valence-corrected chi connectivity index (χ1v) is 4.92. The molecule has 0 amide bonds. The van der Waals surface area contributed by atoms with Gasteiger partial charge in [0.15, 0.2) is 0 Å². The predicted octanol–water partition coefficient (Wildman–Crippen LogP) is 0.950. The highest BCUT2D eigenvalue weighted by molar-refractivity contribution is 7.09. The summed E-state index contributed by atoms with van der Waals surface area (Å²) in [6.45, 7) is 5.17. The van der Waals surface area contributed by atoms with Crippen molar-refractivity contribution in [3.8, 4) is 0 Å². The molecule has 1 rings (SSSR count). The molecule has 1 heterocycles. The Labute approximate surface area is 76.6 Å². The van der Waals surface area contributed by atoms with E-state index < -0.39 is 0 Å². The average Bonchev–Trinajstić information content (AvgIpc) is 2.57. The SMILES string of the molecule is CCNCCCNc1ncns1. The zero-order chi connectivity index (χ0) is 8.65. The number of anilines is 1. The molecule has 0 spiro atoms. The Bertz CT molecular complexity index is 187.